The largest absolute Gasteiger partial charge is 0.494 e. The lowest BCUT2D eigenvalue weighted by Gasteiger charge is -2.08. The van der Waals surface area contributed by atoms with Gasteiger partial charge in [-0.1, -0.05) is 31.9 Å². The molecule has 1 aliphatic heterocycles. The van der Waals surface area contributed by atoms with Gasteiger partial charge < -0.3 is 4.74 Å². The van der Waals surface area contributed by atoms with Gasteiger partial charge in [0, 0.05) is 5.75 Å². The Hall–Kier alpha value is -1.29. The van der Waals surface area contributed by atoms with Gasteiger partial charge in [-0.15, -0.1) is 11.8 Å². The molecule has 3 nitrogen and oxygen atoms in total. The summed E-state index contributed by atoms with van der Waals surface area (Å²) < 4.78 is 5.71. The van der Waals surface area contributed by atoms with Gasteiger partial charge in [-0.3, -0.25) is 0 Å². The highest BCUT2D eigenvalue weighted by molar-refractivity contribution is 8.12. The van der Waals surface area contributed by atoms with Gasteiger partial charge in [0.1, 0.15) is 5.75 Å². The van der Waals surface area contributed by atoms with E-state index in [1.54, 1.807) is 17.3 Å². The Kier molecular flexibility index (Phi) is 6.64. The number of unbranched alkanes of at least 4 members (excludes halogenated alkanes) is 2. The zero-order chi connectivity index (χ0) is 14.0. The Morgan fingerprint density at radius 2 is 2.00 bits per heavy atom. The van der Waals surface area contributed by atoms with Crippen molar-refractivity contribution in [3.05, 3.63) is 29.8 Å². The van der Waals surface area contributed by atoms with Crippen molar-refractivity contribution >= 4 is 23.0 Å². The number of nitrogens with zero attached hydrogens (tertiary/aromatic N) is 2. The minimum absolute atomic E-state index is 0.819. The standard InChI is InChI=1S/C16H22N2OS/c1-2-3-4-11-19-16-9-6-14(7-10-16)5-8-15-12-20-13-17-18-15/h6-7,9-10,13H,2-5,8,11-12H2,1H3. The molecular formula is C16H22N2OS. The minimum Gasteiger partial charge on any atom is -0.494 e. The maximum atomic E-state index is 5.71. The molecule has 20 heavy (non-hydrogen) atoms. The van der Waals surface area contributed by atoms with Gasteiger partial charge >= 0.3 is 0 Å². The molecule has 0 N–H and O–H groups in total. The lowest BCUT2D eigenvalue weighted by Crippen LogP contribution is -2.06. The molecule has 0 unspecified atom stereocenters. The van der Waals surface area contributed by atoms with Crippen molar-refractivity contribution in [2.75, 3.05) is 12.4 Å². The monoisotopic (exact) mass is 290 g/mol. The third-order valence-electron chi connectivity index (χ3n) is 3.21. The van der Waals surface area contributed by atoms with E-state index in [0.29, 0.717) is 0 Å². The summed E-state index contributed by atoms with van der Waals surface area (Å²) in [5.74, 6) is 1.95. The van der Waals surface area contributed by atoms with Crippen LogP contribution >= 0.6 is 11.8 Å². The van der Waals surface area contributed by atoms with Crippen molar-refractivity contribution in [3.8, 4) is 5.75 Å². The Bertz CT molecular complexity index is 454. The fourth-order valence-electron chi connectivity index (χ4n) is 2.01. The summed E-state index contributed by atoms with van der Waals surface area (Å²) in [5.41, 5.74) is 4.30. The maximum Gasteiger partial charge on any atom is 0.119 e. The van der Waals surface area contributed by atoms with Gasteiger partial charge in [-0.25, -0.2) is 0 Å². The smallest absolute Gasteiger partial charge is 0.119 e. The first-order valence-corrected chi connectivity index (χ1v) is 8.34. The molecule has 0 saturated heterocycles. The van der Waals surface area contributed by atoms with E-state index in [4.69, 9.17) is 4.74 Å². The molecule has 0 fully saturated rings. The average Bonchev–Trinajstić information content (AvgIpc) is 2.52. The van der Waals surface area contributed by atoms with Crippen LogP contribution in [-0.2, 0) is 6.42 Å². The maximum absolute atomic E-state index is 5.71. The summed E-state index contributed by atoms with van der Waals surface area (Å²) in [6, 6.07) is 8.43. The number of ether oxygens (including phenoxy) is 1. The molecule has 1 aliphatic rings. The first-order chi connectivity index (χ1) is 9.88. The molecule has 0 saturated carbocycles. The summed E-state index contributed by atoms with van der Waals surface area (Å²) in [6.07, 6.45) is 5.61. The Balaban J connectivity index is 1.73. The predicted octanol–water partition coefficient (Wildman–Crippen LogP) is 4.32. The quantitative estimate of drug-likeness (QED) is 0.668. The van der Waals surface area contributed by atoms with Crippen molar-refractivity contribution in [1.82, 2.24) is 0 Å². The van der Waals surface area contributed by atoms with Crippen LogP contribution in [0.25, 0.3) is 0 Å². The summed E-state index contributed by atoms with van der Waals surface area (Å²) in [5, 5.41) is 8.10. The Morgan fingerprint density at radius 1 is 1.15 bits per heavy atom. The van der Waals surface area contributed by atoms with Crippen molar-refractivity contribution in [2.24, 2.45) is 10.2 Å². The molecule has 0 aliphatic carbocycles. The predicted molar refractivity (Wildman–Crippen MR) is 88.2 cm³/mol. The number of aryl methyl sites for hydroxylation is 1. The molecular weight excluding hydrogens is 268 g/mol. The van der Waals surface area contributed by atoms with Crippen LogP contribution in [0.5, 0.6) is 5.75 Å². The van der Waals surface area contributed by atoms with Crippen LogP contribution < -0.4 is 4.74 Å². The van der Waals surface area contributed by atoms with E-state index in [1.165, 1.54) is 24.1 Å². The van der Waals surface area contributed by atoms with E-state index in [1.807, 2.05) is 0 Å². The SMILES string of the molecule is CCCCCOc1ccc(CCC2=NN=CSC2)cc1. The molecule has 1 aromatic carbocycles. The number of benzene rings is 1. The second kappa shape index (κ2) is 8.80. The van der Waals surface area contributed by atoms with E-state index < -0.39 is 0 Å². The molecule has 1 heterocycles. The number of rotatable bonds is 8. The van der Waals surface area contributed by atoms with Gasteiger partial charge in [0.15, 0.2) is 0 Å². The lowest BCUT2D eigenvalue weighted by atomic mass is 10.1. The highest BCUT2D eigenvalue weighted by Gasteiger charge is 2.04. The molecule has 0 atom stereocenters. The number of hydrogen-bond donors (Lipinski definition) is 0. The highest BCUT2D eigenvalue weighted by atomic mass is 32.2. The van der Waals surface area contributed by atoms with E-state index in [0.717, 1.165) is 37.4 Å². The second-order valence-electron chi connectivity index (χ2n) is 4.90. The molecule has 2 rings (SSSR count). The zero-order valence-corrected chi connectivity index (χ0v) is 12.9. The van der Waals surface area contributed by atoms with Crippen LogP contribution in [0, 0.1) is 0 Å². The van der Waals surface area contributed by atoms with Gasteiger partial charge in [0.25, 0.3) is 0 Å². The lowest BCUT2D eigenvalue weighted by molar-refractivity contribution is 0.306. The van der Waals surface area contributed by atoms with Crippen molar-refractivity contribution in [1.29, 1.82) is 0 Å². The summed E-state index contributed by atoms with van der Waals surface area (Å²) in [4.78, 5) is 0. The van der Waals surface area contributed by atoms with Gasteiger partial charge in [-0.05, 0) is 37.0 Å². The third-order valence-corrected chi connectivity index (χ3v) is 3.96. The van der Waals surface area contributed by atoms with Crippen LogP contribution in [0.2, 0.25) is 0 Å². The van der Waals surface area contributed by atoms with Crippen LogP contribution in [-0.4, -0.2) is 23.6 Å². The molecule has 1 aromatic rings. The molecule has 4 heteroatoms. The molecule has 0 aromatic heterocycles. The van der Waals surface area contributed by atoms with E-state index >= 15 is 0 Å². The van der Waals surface area contributed by atoms with E-state index in [9.17, 15) is 0 Å². The zero-order valence-electron chi connectivity index (χ0n) is 12.0. The number of thioether (sulfide) groups is 1. The Labute approximate surface area is 125 Å². The fraction of sp³-hybridized carbons (Fsp3) is 0.500. The van der Waals surface area contributed by atoms with Crippen LogP contribution in [0.3, 0.4) is 0 Å². The molecule has 0 spiro atoms. The van der Waals surface area contributed by atoms with Crippen LogP contribution in [0.15, 0.2) is 34.5 Å². The number of hydrogen-bond acceptors (Lipinski definition) is 4. The van der Waals surface area contributed by atoms with Crippen molar-refractivity contribution in [3.63, 3.8) is 0 Å². The van der Waals surface area contributed by atoms with Gasteiger partial charge in [0.05, 0.1) is 17.9 Å². The van der Waals surface area contributed by atoms with E-state index in [2.05, 4.69) is 41.4 Å². The molecule has 0 radical (unpaired) electrons. The van der Waals surface area contributed by atoms with Gasteiger partial charge in [0.2, 0.25) is 0 Å². The normalized spacial score (nSPS) is 14.2. The fourth-order valence-corrected chi connectivity index (χ4v) is 2.59. The molecule has 0 amide bonds. The third kappa shape index (κ3) is 5.37. The van der Waals surface area contributed by atoms with Crippen molar-refractivity contribution in [2.45, 2.75) is 39.0 Å². The minimum atomic E-state index is 0.819. The van der Waals surface area contributed by atoms with Crippen LogP contribution in [0.4, 0.5) is 0 Å². The first-order valence-electron chi connectivity index (χ1n) is 7.29. The van der Waals surface area contributed by atoms with Crippen molar-refractivity contribution < 1.29 is 4.74 Å². The molecule has 108 valence electrons. The summed E-state index contributed by atoms with van der Waals surface area (Å²) in [7, 11) is 0. The Morgan fingerprint density at radius 3 is 2.70 bits per heavy atom. The molecule has 0 bridgehead atoms. The van der Waals surface area contributed by atoms with Crippen LogP contribution in [0.1, 0.15) is 38.2 Å². The average molecular weight is 290 g/mol. The summed E-state index contributed by atoms with van der Waals surface area (Å²) >= 11 is 1.71. The topological polar surface area (TPSA) is 34.0 Å². The van der Waals surface area contributed by atoms with Gasteiger partial charge in [-0.2, -0.15) is 10.2 Å². The first kappa shape index (κ1) is 15.1. The summed E-state index contributed by atoms with van der Waals surface area (Å²) in [6.45, 7) is 3.02. The highest BCUT2D eigenvalue weighted by Crippen LogP contribution is 2.15. The van der Waals surface area contributed by atoms with E-state index in [-0.39, 0.29) is 0 Å². The second-order valence-corrected chi connectivity index (χ2v) is 5.73.